The summed E-state index contributed by atoms with van der Waals surface area (Å²) in [6, 6.07) is 6.71. The first-order valence-electron chi connectivity index (χ1n) is 10.4. The average Bonchev–Trinajstić information content (AvgIpc) is 2.67. The molecule has 5 nitrogen and oxygen atoms in total. The number of hydrogen-bond acceptors (Lipinski definition) is 4. The van der Waals surface area contributed by atoms with Crippen LogP contribution in [0.5, 0.6) is 0 Å². The molecule has 30 heavy (non-hydrogen) atoms. The minimum absolute atomic E-state index is 0.172. The molecule has 0 radical (unpaired) electrons. The molecule has 1 aliphatic heterocycles. The summed E-state index contributed by atoms with van der Waals surface area (Å²) in [6.45, 7) is 8.71. The number of rotatable bonds is 3. The molecule has 0 N–H and O–H groups in total. The van der Waals surface area contributed by atoms with Gasteiger partial charge in [-0.2, -0.15) is 0 Å². The Morgan fingerprint density at radius 3 is 2.43 bits per heavy atom. The Bertz CT molecular complexity index is 956. The van der Waals surface area contributed by atoms with Crippen molar-refractivity contribution in [2.45, 2.75) is 58.5 Å². The molecule has 1 saturated heterocycles. The Morgan fingerprint density at radius 2 is 1.83 bits per heavy atom. The first kappa shape index (κ1) is 22.1. The number of nitrogens with zero attached hydrogens (tertiary/aromatic N) is 1. The lowest BCUT2D eigenvalue weighted by atomic mass is 9.81. The zero-order valence-electron chi connectivity index (χ0n) is 18.4. The number of halogens is 1. The third-order valence-corrected chi connectivity index (χ3v) is 5.64. The fraction of sp³-hybridized carbons (Fsp3) is 0.500. The first-order valence-corrected chi connectivity index (χ1v) is 10.4. The topological polar surface area (TPSA) is 55.8 Å². The van der Waals surface area contributed by atoms with Gasteiger partial charge in [-0.05, 0) is 86.1 Å². The van der Waals surface area contributed by atoms with Crippen LogP contribution in [-0.4, -0.2) is 42.8 Å². The van der Waals surface area contributed by atoms with Crippen molar-refractivity contribution in [3.8, 4) is 0 Å². The highest BCUT2D eigenvalue weighted by molar-refractivity contribution is 5.89. The highest BCUT2D eigenvalue weighted by atomic mass is 19.1. The van der Waals surface area contributed by atoms with Crippen LogP contribution in [0.4, 0.5) is 9.18 Å². The van der Waals surface area contributed by atoms with Crippen LogP contribution in [-0.2, 0) is 20.7 Å². The van der Waals surface area contributed by atoms with Crippen molar-refractivity contribution in [2.75, 3.05) is 20.2 Å². The van der Waals surface area contributed by atoms with Gasteiger partial charge >= 0.3 is 12.1 Å². The van der Waals surface area contributed by atoms with Gasteiger partial charge in [0.2, 0.25) is 0 Å². The maximum absolute atomic E-state index is 14.1. The molecule has 0 aromatic heterocycles. The van der Waals surface area contributed by atoms with E-state index in [0.717, 1.165) is 40.3 Å². The maximum Gasteiger partial charge on any atom is 0.410 e. The van der Waals surface area contributed by atoms with Crippen LogP contribution >= 0.6 is 0 Å². The van der Waals surface area contributed by atoms with Crippen LogP contribution in [0.1, 0.15) is 56.2 Å². The summed E-state index contributed by atoms with van der Waals surface area (Å²) >= 11 is 0. The van der Waals surface area contributed by atoms with Crippen molar-refractivity contribution in [3.63, 3.8) is 0 Å². The van der Waals surface area contributed by atoms with Crippen LogP contribution in [0.2, 0.25) is 0 Å². The van der Waals surface area contributed by atoms with Gasteiger partial charge in [0.05, 0.1) is 13.5 Å². The van der Waals surface area contributed by atoms with Crippen molar-refractivity contribution in [3.05, 3.63) is 46.8 Å². The standard InChI is InChI=1S/C24H30FNO4/c1-15-18(13-21(27)29-5)12-17-6-7-19(25)14-20(17)22(15)16-8-10-26(11-9-16)23(28)30-24(2,3)4/h6-7,12,14,16H,8-11,13H2,1-5H3. The van der Waals surface area contributed by atoms with Crippen LogP contribution in [0, 0.1) is 12.7 Å². The van der Waals surface area contributed by atoms with E-state index < -0.39 is 5.60 Å². The summed E-state index contributed by atoms with van der Waals surface area (Å²) in [5.41, 5.74) is 2.43. The van der Waals surface area contributed by atoms with Crippen molar-refractivity contribution in [1.29, 1.82) is 0 Å². The molecular formula is C24H30FNO4. The summed E-state index contributed by atoms with van der Waals surface area (Å²) in [4.78, 5) is 26.0. The zero-order valence-corrected chi connectivity index (χ0v) is 18.4. The Hall–Kier alpha value is -2.63. The molecule has 1 fully saturated rings. The predicted octanol–water partition coefficient (Wildman–Crippen LogP) is 5.12. The Labute approximate surface area is 177 Å². The second kappa shape index (κ2) is 8.62. The van der Waals surface area contributed by atoms with E-state index in [9.17, 15) is 14.0 Å². The maximum atomic E-state index is 14.1. The molecule has 162 valence electrons. The van der Waals surface area contributed by atoms with E-state index in [1.807, 2.05) is 33.8 Å². The molecule has 3 rings (SSSR count). The molecule has 0 spiro atoms. The third kappa shape index (κ3) is 4.91. The molecule has 6 heteroatoms. The Morgan fingerprint density at radius 1 is 1.17 bits per heavy atom. The number of hydrogen-bond donors (Lipinski definition) is 0. The number of carbonyl (C=O) groups is 2. The van der Waals surface area contributed by atoms with E-state index in [0.29, 0.717) is 13.1 Å². The molecule has 0 atom stereocenters. The molecule has 1 amide bonds. The zero-order chi connectivity index (χ0) is 22.1. The predicted molar refractivity (Wildman–Crippen MR) is 114 cm³/mol. The van der Waals surface area contributed by atoms with E-state index in [-0.39, 0.29) is 30.2 Å². The monoisotopic (exact) mass is 415 g/mol. The average molecular weight is 416 g/mol. The SMILES string of the molecule is COC(=O)Cc1cc2ccc(F)cc2c(C2CCN(C(=O)OC(C)(C)C)CC2)c1C. The smallest absolute Gasteiger partial charge is 0.410 e. The molecule has 1 aliphatic rings. The number of methoxy groups -OCH3 is 1. The number of piperidine rings is 1. The van der Waals surface area contributed by atoms with Crippen molar-refractivity contribution >= 4 is 22.8 Å². The summed E-state index contributed by atoms with van der Waals surface area (Å²) in [6.07, 6.45) is 1.40. The summed E-state index contributed by atoms with van der Waals surface area (Å²) < 4.78 is 24.4. The summed E-state index contributed by atoms with van der Waals surface area (Å²) in [5, 5.41) is 1.78. The Kier molecular flexibility index (Phi) is 6.34. The van der Waals surface area contributed by atoms with Gasteiger partial charge in [0.1, 0.15) is 11.4 Å². The third-order valence-electron chi connectivity index (χ3n) is 5.64. The number of esters is 1. The Balaban J connectivity index is 1.91. The number of ether oxygens (including phenoxy) is 2. The molecule has 1 heterocycles. The van der Waals surface area contributed by atoms with Crippen molar-refractivity contribution < 1.29 is 23.5 Å². The van der Waals surface area contributed by atoms with Gasteiger partial charge in [0.25, 0.3) is 0 Å². The van der Waals surface area contributed by atoms with E-state index >= 15 is 0 Å². The number of carbonyl (C=O) groups excluding carboxylic acids is 2. The van der Waals surface area contributed by atoms with E-state index in [2.05, 4.69) is 0 Å². The van der Waals surface area contributed by atoms with Gasteiger partial charge < -0.3 is 14.4 Å². The van der Waals surface area contributed by atoms with Gasteiger partial charge in [0.15, 0.2) is 0 Å². The number of likely N-dealkylation sites (tertiary alicyclic amines) is 1. The molecule has 0 bridgehead atoms. The quantitative estimate of drug-likeness (QED) is 0.653. The fourth-order valence-electron chi connectivity index (χ4n) is 4.17. The molecular weight excluding hydrogens is 385 g/mol. The second-order valence-corrected chi connectivity index (χ2v) is 8.93. The van der Waals surface area contributed by atoms with Gasteiger partial charge in [0, 0.05) is 13.1 Å². The van der Waals surface area contributed by atoms with Crippen molar-refractivity contribution in [1.82, 2.24) is 4.90 Å². The highest BCUT2D eigenvalue weighted by Gasteiger charge is 2.29. The van der Waals surface area contributed by atoms with Gasteiger partial charge in [-0.1, -0.05) is 12.1 Å². The summed E-state index contributed by atoms with van der Waals surface area (Å²) in [5.74, 6) is -0.411. The lowest BCUT2D eigenvalue weighted by molar-refractivity contribution is -0.139. The molecule has 0 unspecified atom stereocenters. The second-order valence-electron chi connectivity index (χ2n) is 8.93. The molecule has 0 saturated carbocycles. The van der Waals surface area contributed by atoms with Crippen LogP contribution in [0.3, 0.4) is 0 Å². The van der Waals surface area contributed by atoms with E-state index in [1.54, 1.807) is 17.0 Å². The summed E-state index contributed by atoms with van der Waals surface area (Å²) in [7, 11) is 1.38. The minimum Gasteiger partial charge on any atom is -0.469 e. The van der Waals surface area contributed by atoms with Crippen molar-refractivity contribution in [2.24, 2.45) is 0 Å². The largest absolute Gasteiger partial charge is 0.469 e. The fourth-order valence-corrected chi connectivity index (χ4v) is 4.17. The van der Waals surface area contributed by atoms with Crippen LogP contribution in [0.25, 0.3) is 10.8 Å². The number of fused-ring (bicyclic) bond motifs is 1. The highest BCUT2D eigenvalue weighted by Crippen LogP contribution is 2.38. The number of benzene rings is 2. The normalized spacial score (nSPS) is 15.3. The molecule has 2 aromatic carbocycles. The molecule has 2 aromatic rings. The molecule has 0 aliphatic carbocycles. The number of amides is 1. The van der Waals surface area contributed by atoms with Crippen LogP contribution in [0.15, 0.2) is 24.3 Å². The lowest BCUT2D eigenvalue weighted by Gasteiger charge is -2.34. The lowest BCUT2D eigenvalue weighted by Crippen LogP contribution is -2.41. The van der Waals surface area contributed by atoms with Crippen LogP contribution < -0.4 is 0 Å². The van der Waals surface area contributed by atoms with Gasteiger partial charge in [-0.25, -0.2) is 9.18 Å². The van der Waals surface area contributed by atoms with Gasteiger partial charge in [-0.3, -0.25) is 4.79 Å². The van der Waals surface area contributed by atoms with E-state index in [4.69, 9.17) is 9.47 Å². The van der Waals surface area contributed by atoms with E-state index in [1.165, 1.54) is 13.2 Å². The minimum atomic E-state index is -0.527. The van der Waals surface area contributed by atoms with Gasteiger partial charge in [-0.15, -0.1) is 0 Å². The first-order chi connectivity index (χ1) is 14.1.